The molecule has 8 nitrogen and oxygen atoms in total. The SMILES string of the molecule is CCOC(=O)CC1CCN(C(=O)CC2OC(c3cccc(OC)c3OC)c3cc(Cl)ccc3-n3cccc32)CC1. The number of aromatic nitrogens is 1. The molecule has 0 N–H and O–H groups in total. The van der Waals surface area contributed by atoms with Crippen LogP contribution in [-0.2, 0) is 19.1 Å². The Morgan fingerprint density at radius 2 is 1.80 bits per heavy atom. The summed E-state index contributed by atoms with van der Waals surface area (Å²) >= 11 is 6.49. The van der Waals surface area contributed by atoms with Gasteiger partial charge >= 0.3 is 5.97 Å². The molecule has 1 aromatic heterocycles. The van der Waals surface area contributed by atoms with Crippen LogP contribution in [0, 0.1) is 5.92 Å². The van der Waals surface area contributed by atoms with Crippen LogP contribution in [0.5, 0.6) is 11.5 Å². The van der Waals surface area contributed by atoms with Crippen LogP contribution in [0.25, 0.3) is 5.69 Å². The van der Waals surface area contributed by atoms with Crippen LogP contribution in [0.1, 0.15) is 61.6 Å². The zero-order valence-corrected chi connectivity index (χ0v) is 23.9. The van der Waals surface area contributed by atoms with Crippen molar-refractivity contribution < 1.29 is 28.5 Å². The van der Waals surface area contributed by atoms with E-state index in [1.54, 1.807) is 14.2 Å². The Labute approximate surface area is 239 Å². The van der Waals surface area contributed by atoms with Crippen LogP contribution < -0.4 is 9.47 Å². The number of para-hydroxylation sites is 1. The van der Waals surface area contributed by atoms with Crippen molar-refractivity contribution in [3.05, 3.63) is 76.6 Å². The minimum Gasteiger partial charge on any atom is -0.493 e. The number of halogens is 1. The summed E-state index contributed by atoms with van der Waals surface area (Å²) in [4.78, 5) is 27.4. The Bertz CT molecular complexity index is 1360. The second-order valence-corrected chi connectivity index (χ2v) is 10.6. The van der Waals surface area contributed by atoms with Gasteiger partial charge in [0, 0.05) is 41.9 Å². The molecular weight excluding hydrogens is 532 g/mol. The molecule has 0 saturated carbocycles. The molecule has 212 valence electrons. The van der Waals surface area contributed by atoms with Crippen LogP contribution >= 0.6 is 11.6 Å². The van der Waals surface area contributed by atoms with Crippen molar-refractivity contribution in [1.29, 1.82) is 0 Å². The van der Waals surface area contributed by atoms with Gasteiger partial charge in [-0.25, -0.2) is 0 Å². The number of carbonyl (C=O) groups is 2. The van der Waals surface area contributed by atoms with Gasteiger partial charge in [0.05, 0.1) is 38.6 Å². The van der Waals surface area contributed by atoms with Crippen LogP contribution in [0.2, 0.25) is 5.02 Å². The second-order valence-electron chi connectivity index (χ2n) is 10.1. The number of rotatable bonds is 8. The van der Waals surface area contributed by atoms with E-state index in [9.17, 15) is 9.59 Å². The first-order valence-electron chi connectivity index (χ1n) is 13.7. The van der Waals surface area contributed by atoms with E-state index in [0.29, 0.717) is 42.6 Å². The fraction of sp³-hybridized carbons (Fsp3) is 0.419. The number of ether oxygens (including phenoxy) is 4. The number of methoxy groups -OCH3 is 2. The average Bonchev–Trinajstić information content (AvgIpc) is 3.40. The highest BCUT2D eigenvalue weighted by atomic mass is 35.5. The Hall–Kier alpha value is -3.49. The number of hydrogen-bond donors (Lipinski definition) is 0. The van der Waals surface area contributed by atoms with Crippen molar-refractivity contribution in [2.75, 3.05) is 33.9 Å². The minimum atomic E-state index is -0.563. The summed E-state index contributed by atoms with van der Waals surface area (Å²) < 4.78 is 25.4. The van der Waals surface area contributed by atoms with Crippen LogP contribution in [0.3, 0.4) is 0 Å². The van der Waals surface area contributed by atoms with E-state index < -0.39 is 12.2 Å². The number of fused-ring (bicyclic) bond motifs is 3. The minimum absolute atomic E-state index is 0.0210. The van der Waals surface area contributed by atoms with E-state index in [1.807, 2.05) is 66.6 Å². The average molecular weight is 567 g/mol. The van der Waals surface area contributed by atoms with Crippen molar-refractivity contribution in [1.82, 2.24) is 9.47 Å². The fourth-order valence-electron chi connectivity index (χ4n) is 5.78. The molecule has 5 rings (SSSR count). The van der Waals surface area contributed by atoms with E-state index >= 15 is 0 Å². The number of nitrogens with zero attached hydrogens (tertiary/aromatic N) is 2. The van der Waals surface area contributed by atoms with Gasteiger partial charge in [0.15, 0.2) is 11.5 Å². The zero-order valence-electron chi connectivity index (χ0n) is 23.1. The number of piperidine rings is 1. The molecule has 9 heteroatoms. The molecule has 1 amide bonds. The van der Waals surface area contributed by atoms with Crippen LogP contribution in [-0.4, -0.2) is 55.3 Å². The lowest BCUT2D eigenvalue weighted by Crippen LogP contribution is -2.39. The highest BCUT2D eigenvalue weighted by molar-refractivity contribution is 6.30. The van der Waals surface area contributed by atoms with Crippen LogP contribution in [0.15, 0.2) is 54.7 Å². The molecular formula is C31H35ClN2O6. The van der Waals surface area contributed by atoms with E-state index in [4.69, 9.17) is 30.5 Å². The van der Waals surface area contributed by atoms with Gasteiger partial charge in [-0.05, 0) is 62.1 Å². The van der Waals surface area contributed by atoms with E-state index in [-0.39, 0.29) is 24.2 Å². The van der Waals surface area contributed by atoms with Gasteiger partial charge in [0.25, 0.3) is 0 Å². The summed E-state index contributed by atoms with van der Waals surface area (Å²) in [5.74, 6) is 1.25. The van der Waals surface area contributed by atoms with Gasteiger partial charge in [0.1, 0.15) is 12.2 Å². The van der Waals surface area contributed by atoms with Gasteiger partial charge in [0.2, 0.25) is 5.91 Å². The largest absolute Gasteiger partial charge is 0.493 e. The summed E-state index contributed by atoms with van der Waals surface area (Å²) in [6, 6.07) is 15.4. The van der Waals surface area contributed by atoms with Crippen molar-refractivity contribution in [2.24, 2.45) is 5.92 Å². The molecule has 2 unspecified atom stereocenters. The van der Waals surface area contributed by atoms with Crippen molar-refractivity contribution in [3.63, 3.8) is 0 Å². The van der Waals surface area contributed by atoms with Crippen molar-refractivity contribution >= 4 is 23.5 Å². The lowest BCUT2D eigenvalue weighted by molar-refractivity contribution is -0.144. The number of esters is 1. The van der Waals surface area contributed by atoms with Crippen molar-refractivity contribution in [3.8, 4) is 17.2 Å². The summed E-state index contributed by atoms with van der Waals surface area (Å²) in [6.45, 7) is 3.42. The van der Waals surface area contributed by atoms with Crippen LogP contribution in [0.4, 0.5) is 0 Å². The number of amides is 1. The first-order valence-corrected chi connectivity index (χ1v) is 14.1. The van der Waals surface area contributed by atoms with Crippen molar-refractivity contribution in [2.45, 2.75) is 44.8 Å². The predicted octanol–water partition coefficient (Wildman–Crippen LogP) is 5.89. The molecule has 40 heavy (non-hydrogen) atoms. The third-order valence-corrected chi connectivity index (χ3v) is 7.98. The second kappa shape index (κ2) is 12.4. The Morgan fingerprint density at radius 3 is 2.52 bits per heavy atom. The summed E-state index contributed by atoms with van der Waals surface area (Å²) in [5.41, 5.74) is 3.46. The van der Waals surface area contributed by atoms with E-state index in [2.05, 4.69) is 4.57 Å². The molecule has 1 fully saturated rings. The maximum atomic E-state index is 13.6. The Balaban J connectivity index is 1.43. The zero-order chi connectivity index (χ0) is 28.2. The lowest BCUT2D eigenvalue weighted by Gasteiger charge is -2.33. The van der Waals surface area contributed by atoms with Gasteiger partial charge in [-0.15, -0.1) is 0 Å². The highest BCUT2D eigenvalue weighted by Gasteiger charge is 2.35. The molecule has 2 aromatic carbocycles. The van der Waals surface area contributed by atoms with E-state index in [0.717, 1.165) is 35.3 Å². The third kappa shape index (κ3) is 5.69. The lowest BCUT2D eigenvalue weighted by atomic mass is 9.93. The topological polar surface area (TPSA) is 79.2 Å². The molecule has 2 atom stereocenters. The standard InChI is InChI=1S/C31H35ClN2O6/c1-4-39-29(36)17-20-12-15-33(16-13-20)28(35)19-27-25-8-6-14-34(25)24-11-10-21(32)18-23(24)30(40-27)22-7-5-9-26(37-2)31(22)38-3/h5-11,14,18,20,27,30H,4,12-13,15-17,19H2,1-3H3. The number of benzene rings is 2. The van der Waals surface area contributed by atoms with Gasteiger partial charge in [-0.3, -0.25) is 9.59 Å². The first kappa shape index (κ1) is 28.1. The molecule has 2 aliphatic rings. The normalized spacial score (nSPS) is 18.9. The molecule has 2 aliphatic heterocycles. The van der Waals surface area contributed by atoms with Gasteiger partial charge in [-0.1, -0.05) is 23.7 Å². The Kier molecular flexibility index (Phi) is 8.66. The third-order valence-electron chi connectivity index (χ3n) is 7.75. The molecule has 0 aliphatic carbocycles. The van der Waals surface area contributed by atoms with Gasteiger partial charge < -0.3 is 28.4 Å². The summed E-state index contributed by atoms with van der Waals surface area (Å²) in [7, 11) is 3.20. The van der Waals surface area contributed by atoms with E-state index in [1.165, 1.54) is 0 Å². The maximum Gasteiger partial charge on any atom is 0.306 e. The number of carbonyl (C=O) groups excluding carboxylic acids is 2. The molecule has 0 spiro atoms. The predicted molar refractivity (Wildman–Crippen MR) is 151 cm³/mol. The molecule has 1 saturated heterocycles. The molecule has 3 aromatic rings. The molecule has 0 radical (unpaired) electrons. The van der Waals surface area contributed by atoms with Gasteiger partial charge in [-0.2, -0.15) is 0 Å². The quantitative estimate of drug-likeness (QED) is 0.316. The Morgan fingerprint density at radius 1 is 1.00 bits per heavy atom. The first-order chi connectivity index (χ1) is 19.4. The molecule has 3 heterocycles. The highest BCUT2D eigenvalue weighted by Crippen LogP contribution is 2.46. The summed E-state index contributed by atoms with van der Waals surface area (Å²) in [5, 5.41) is 0.586. The summed E-state index contributed by atoms with van der Waals surface area (Å²) in [6.07, 6.45) is 3.03. The number of likely N-dealkylation sites (tertiary alicyclic amines) is 1. The number of hydrogen-bond acceptors (Lipinski definition) is 6. The fourth-order valence-corrected chi connectivity index (χ4v) is 5.96. The molecule has 0 bridgehead atoms. The smallest absolute Gasteiger partial charge is 0.306 e. The monoisotopic (exact) mass is 566 g/mol. The maximum absolute atomic E-state index is 13.6.